The summed E-state index contributed by atoms with van der Waals surface area (Å²) in [7, 11) is 0. The van der Waals surface area contributed by atoms with Gasteiger partial charge in [0.05, 0.1) is 0 Å². The van der Waals surface area contributed by atoms with Gasteiger partial charge in [0.1, 0.15) is 0 Å². The molecule has 0 aromatic heterocycles. The van der Waals surface area contributed by atoms with E-state index in [2.05, 4.69) is 13.0 Å². The Morgan fingerprint density at radius 3 is 2.62 bits per heavy atom. The summed E-state index contributed by atoms with van der Waals surface area (Å²) in [5, 5.41) is 0. The molecule has 3 rings (SSSR count). The molecule has 2 N–H and O–H groups in total. The van der Waals surface area contributed by atoms with Crippen molar-refractivity contribution in [2.45, 2.75) is 44.4 Å². The number of hydrogen-bond acceptors (Lipinski definition) is 3. The Morgan fingerprint density at radius 1 is 1.19 bits per heavy atom. The van der Waals surface area contributed by atoms with Gasteiger partial charge in [0.25, 0.3) is 5.79 Å². The summed E-state index contributed by atoms with van der Waals surface area (Å²) in [6.45, 7) is 2.06. The van der Waals surface area contributed by atoms with E-state index in [1.165, 1.54) is 5.56 Å². The predicted octanol–water partition coefficient (Wildman–Crippen LogP) is 2.36. The maximum atomic E-state index is 5.99. The van der Waals surface area contributed by atoms with Crippen LogP contribution in [0.25, 0.3) is 0 Å². The molecule has 1 aliphatic carbocycles. The van der Waals surface area contributed by atoms with E-state index in [1.807, 2.05) is 12.1 Å². The lowest BCUT2D eigenvalue weighted by Crippen LogP contribution is -2.45. The first kappa shape index (κ1) is 9.97. The van der Waals surface area contributed by atoms with Crippen LogP contribution < -0.4 is 15.2 Å². The number of aryl methyl sites for hydroxylation is 1. The van der Waals surface area contributed by atoms with Crippen molar-refractivity contribution in [2.75, 3.05) is 0 Å². The Labute approximate surface area is 95.5 Å². The fraction of sp³-hybridized carbons (Fsp3) is 0.538. The van der Waals surface area contributed by atoms with Gasteiger partial charge in [0.2, 0.25) is 0 Å². The van der Waals surface area contributed by atoms with E-state index in [1.54, 1.807) is 0 Å². The summed E-state index contributed by atoms with van der Waals surface area (Å²) < 4.78 is 11.9. The van der Waals surface area contributed by atoms with Gasteiger partial charge in [0, 0.05) is 18.9 Å². The minimum atomic E-state index is -0.425. The number of nitrogens with two attached hydrogens (primary N) is 1. The van der Waals surface area contributed by atoms with Gasteiger partial charge in [-0.2, -0.15) is 0 Å². The summed E-state index contributed by atoms with van der Waals surface area (Å²) in [6.07, 6.45) is 3.74. The fourth-order valence-electron chi connectivity index (χ4n) is 2.49. The zero-order valence-corrected chi connectivity index (χ0v) is 9.53. The minimum Gasteiger partial charge on any atom is -0.448 e. The van der Waals surface area contributed by atoms with Gasteiger partial charge in [-0.1, -0.05) is 6.07 Å². The molecule has 86 valence electrons. The highest BCUT2D eigenvalue weighted by Crippen LogP contribution is 2.45. The zero-order chi connectivity index (χ0) is 11.2. The topological polar surface area (TPSA) is 44.5 Å². The van der Waals surface area contributed by atoms with E-state index in [0.29, 0.717) is 6.04 Å². The lowest BCUT2D eigenvalue weighted by atomic mass is 9.91. The highest BCUT2D eigenvalue weighted by Gasteiger charge is 2.43. The maximum Gasteiger partial charge on any atom is 0.251 e. The van der Waals surface area contributed by atoms with E-state index in [9.17, 15) is 0 Å². The monoisotopic (exact) mass is 219 g/mol. The molecule has 0 atom stereocenters. The lowest BCUT2D eigenvalue weighted by Gasteiger charge is -2.33. The van der Waals surface area contributed by atoms with Crippen LogP contribution in [0.5, 0.6) is 11.5 Å². The third kappa shape index (κ3) is 1.55. The number of ether oxygens (including phenoxy) is 2. The first-order valence-corrected chi connectivity index (χ1v) is 5.91. The van der Waals surface area contributed by atoms with Gasteiger partial charge in [-0.05, 0) is 37.5 Å². The molecule has 0 unspecified atom stereocenters. The van der Waals surface area contributed by atoms with Crippen molar-refractivity contribution >= 4 is 0 Å². The predicted molar refractivity (Wildman–Crippen MR) is 61.6 cm³/mol. The van der Waals surface area contributed by atoms with Gasteiger partial charge >= 0.3 is 0 Å². The Kier molecular flexibility index (Phi) is 2.11. The molecule has 0 saturated heterocycles. The van der Waals surface area contributed by atoms with Crippen LogP contribution in [-0.4, -0.2) is 11.8 Å². The average molecular weight is 219 g/mol. The molecule has 1 aromatic carbocycles. The van der Waals surface area contributed by atoms with Gasteiger partial charge in [-0.3, -0.25) is 0 Å². The largest absolute Gasteiger partial charge is 0.448 e. The van der Waals surface area contributed by atoms with E-state index in [-0.39, 0.29) is 0 Å². The molecule has 3 nitrogen and oxygen atoms in total. The van der Waals surface area contributed by atoms with E-state index >= 15 is 0 Å². The normalized spacial score (nSPS) is 32.0. The number of hydrogen-bond donors (Lipinski definition) is 1. The van der Waals surface area contributed by atoms with Gasteiger partial charge in [-0.15, -0.1) is 0 Å². The summed E-state index contributed by atoms with van der Waals surface area (Å²) in [5.74, 6) is 1.34. The molecule has 1 spiro atoms. The molecule has 0 bridgehead atoms. The first-order chi connectivity index (χ1) is 7.67. The van der Waals surface area contributed by atoms with E-state index in [0.717, 1.165) is 37.2 Å². The number of fused-ring (bicyclic) bond motifs is 1. The summed E-state index contributed by atoms with van der Waals surface area (Å²) in [6, 6.07) is 6.39. The molecule has 0 radical (unpaired) electrons. The lowest BCUT2D eigenvalue weighted by molar-refractivity contribution is -0.107. The van der Waals surface area contributed by atoms with Crippen molar-refractivity contribution in [1.29, 1.82) is 0 Å². The van der Waals surface area contributed by atoms with Gasteiger partial charge in [-0.25, -0.2) is 0 Å². The molecule has 16 heavy (non-hydrogen) atoms. The SMILES string of the molecule is Cc1ccc2c(c1)OC1(CCC(N)CC1)O2. The quantitative estimate of drug-likeness (QED) is 0.728. The van der Waals surface area contributed by atoms with Crippen LogP contribution in [0.2, 0.25) is 0 Å². The zero-order valence-electron chi connectivity index (χ0n) is 9.53. The standard InChI is InChI=1S/C13H17NO2/c1-9-2-3-11-12(8-9)16-13(15-11)6-4-10(14)5-7-13/h2-3,8,10H,4-7,14H2,1H3. The Balaban J connectivity index is 1.84. The molecule has 3 heteroatoms. The summed E-state index contributed by atoms with van der Waals surface area (Å²) in [5.41, 5.74) is 7.10. The second kappa shape index (κ2) is 3.39. The van der Waals surface area contributed by atoms with Crippen LogP contribution in [0.15, 0.2) is 18.2 Å². The van der Waals surface area contributed by atoms with Crippen molar-refractivity contribution in [3.05, 3.63) is 23.8 Å². The van der Waals surface area contributed by atoms with Crippen LogP contribution >= 0.6 is 0 Å². The molecule has 1 aliphatic heterocycles. The van der Waals surface area contributed by atoms with Crippen LogP contribution in [-0.2, 0) is 0 Å². The van der Waals surface area contributed by atoms with E-state index in [4.69, 9.17) is 15.2 Å². The Bertz CT molecular complexity index is 408. The highest BCUT2D eigenvalue weighted by molar-refractivity contribution is 5.45. The number of benzene rings is 1. The Morgan fingerprint density at radius 2 is 1.88 bits per heavy atom. The second-order valence-corrected chi connectivity index (χ2v) is 4.90. The van der Waals surface area contributed by atoms with Gasteiger partial charge < -0.3 is 15.2 Å². The first-order valence-electron chi connectivity index (χ1n) is 5.91. The summed E-state index contributed by atoms with van der Waals surface area (Å²) in [4.78, 5) is 0. The van der Waals surface area contributed by atoms with E-state index < -0.39 is 5.79 Å². The smallest absolute Gasteiger partial charge is 0.251 e. The van der Waals surface area contributed by atoms with Crippen LogP contribution in [0.1, 0.15) is 31.2 Å². The molecule has 1 fully saturated rings. The third-order valence-electron chi connectivity index (χ3n) is 3.48. The van der Waals surface area contributed by atoms with Crippen molar-refractivity contribution in [2.24, 2.45) is 5.73 Å². The molecule has 2 aliphatic rings. The average Bonchev–Trinajstić information content (AvgIpc) is 2.60. The fourth-order valence-corrected chi connectivity index (χ4v) is 2.49. The minimum absolute atomic E-state index is 0.309. The third-order valence-corrected chi connectivity index (χ3v) is 3.48. The maximum absolute atomic E-state index is 5.99. The Hall–Kier alpha value is -1.22. The van der Waals surface area contributed by atoms with Crippen molar-refractivity contribution in [3.63, 3.8) is 0 Å². The molecule has 1 heterocycles. The number of rotatable bonds is 0. The van der Waals surface area contributed by atoms with Crippen LogP contribution in [0.3, 0.4) is 0 Å². The molecular formula is C13H17NO2. The molecule has 1 saturated carbocycles. The second-order valence-electron chi connectivity index (χ2n) is 4.90. The highest BCUT2D eigenvalue weighted by atomic mass is 16.7. The van der Waals surface area contributed by atoms with Crippen molar-refractivity contribution < 1.29 is 9.47 Å². The molecule has 1 aromatic rings. The molecular weight excluding hydrogens is 202 g/mol. The van der Waals surface area contributed by atoms with Crippen LogP contribution in [0.4, 0.5) is 0 Å². The van der Waals surface area contributed by atoms with Crippen LogP contribution in [0, 0.1) is 6.92 Å². The van der Waals surface area contributed by atoms with Crippen molar-refractivity contribution in [3.8, 4) is 11.5 Å². The van der Waals surface area contributed by atoms with Crippen molar-refractivity contribution in [1.82, 2.24) is 0 Å². The van der Waals surface area contributed by atoms with Gasteiger partial charge in [0.15, 0.2) is 11.5 Å². The summed E-state index contributed by atoms with van der Waals surface area (Å²) >= 11 is 0. The molecule has 0 amide bonds.